The zero-order chi connectivity index (χ0) is 11.5. The Hall–Kier alpha value is -0.880. The van der Waals surface area contributed by atoms with E-state index in [1.54, 1.807) is 4.57 Å². The summed E-state index contributed by atoms with van der Waals surface area (Å²) in [5, 5.41) is 5.19. The van der Waals surface area contributed by atoms with Gasteiger partial charge in [-0.15, -0.1) is 0 Å². The van der Waals surface area contributed by atoms with E-state index in [0.717, 1.165) is 19.6 Å². The van der Waals surface area contributed by atoms with E-state index >= 15 is 0 Å². The fourth-order valence-electron chi connectivity index (χ4n) is 2.32. The number of piperidine rings is 1. The molecule has 0 aromatic carbocycles. The Morgan fingerprint density at radius 1 is 1.31 bits per heavy atom. The van der Waals surface area contributed by atoms with Gasteiger partial charge < -0.3 is 4.90 Å². The van der Waals surface area contributed by atoms with Gasteiger partial charge in [-0.05, 0) is 45.1 Å². The van der Waals surface area contributed by atoms with E-state index in [4.69, 9.17) is 12.2 Å². The third-order valence-electron chi connectivity index (χ3n) is 3.13. The van der Waals surface area contributed by atoms with Crippen molar-refractivity contribution in [1.82, 2.24) is 19.7 Å². The fourth-order valence-corrected chi connectivity index (χ4v) is 2.63. The molecular formula is C10H18N4OS. The summed E-state index contributed by atoms with van der Waals surface area (Å²) in [4.78, 5) is 13.9. The van der Waals surface area contributed by atoms with Gasteiger partial charge in [0.25, 0.3) is 0 Å². The van der Waals surface area contributed by atoms with Crippen LogP contribution in [0.3, 0.4) is 0 Å². The van der Waals surface area contributed by atoms with Gasteiger partial charge in [0.1, 0.15) is 0 Å². The third-order valence-corrected chi connectivity index (χ3v) is 3.42. The molecule has 1 aromatic heterocycles. The van der Waals surface area contributed by atoms with Crippen LogP contribution in [0.4, 0.5) is 0 Å². The monoisotopic (exact) mass is 242 g/mol. The molecule has 0 amide bonds. The fraction of sp³-hybridized carbons (Fsp3) is 0.800. The van der Waals surface area contributed by atoms with Crippen molar-refractivity contribution in [3.8, 4) is 0 Å². The summed E-state index contributed by atoms with van der Waals surface area (Å²) >= 11 is 5.07. The number of hydrogen-bond acceptors (Lipinski definition) is 3. The first-order valence-electron chi connectivity index (χ1n) is 5.80. The molecule has 0 bridgehead atoms. The zero-order valence-electron chi connectivity index (χ0n) is 9.53. The lowest BCUT2D eigenvalue weighted by molar-refractivity contribution is 0.200. The van der Waals surface area contributed by atoms with E-state index in [1.807, 2.05) is 6.92 Å². The number of H-pyrrole nitrogens is 2. The number of aromatic nitrogens is 3. The Morgan fingerprint density at radius 3 is 2.56 bits per heavy atom. The van der Waals surface area contributed by atoms with Crippen LogP contribution in [0.15, 0.2) is 4.79 Å². The molecule has 6 heteroatoms. The molecule has 2 heterocycles. The van der Waals surface area contributed by atoms with Crippen molar-refractivity contribution in [2.24, 2.45) is 0 Å². The second kappa shape index (κ2) is 4.97. The van der Waals surface area contributed by atoms with Gasteiger partial charge in [-0.2, -0.15) is 0 Å². The average Bonchev–Trinajstić information content (AvgIpc) is 2.60. The third kappa shape index (κ3) is 2.44. The second-order valence-corrected chi connectivity index (χ2v) is 4.83. The molecule has 1 unspecified atom stereocenters. The summed E-state index contributed by atoms with van der Waals surface area (Å²) < 4.78 is 2.10. The maximum Gasteiger partial charge on any atom is 0.342 e. The Labute approximate surface area is 99.5 Å². The van der Waals surface area contributed by atoms with E-state index in [-0.39, 0.29) is 11.7 Å². The number of hydrogen-bond donors (Lipinski definition) is 2. The quantitative estimate of drug-likeness (QED) is 0.785. The van der Waals surface area contributed by atoms with Crippen LogP contribution >= 0.6 is 12.2 Å². The second-order valence-electron chi connectivity index (χ2n) is 4.44. The first-order valence-corrected chi connectivity index (χ1v) is 6.21. The van der Waals surface area contributed by atoms with Gasteiger partial charge in [-0.3, -0.25) is 9.67 Å². The molecule has 90 valence electrons. The van der Waals surface area contributed by atoms with Crippen LogP contribution < -0.4 is 5.69 Å². The Balaban J connectivity index is 2.05. The molecule has 16 heavy (non-hydrogen) atoms. The minimum atomic E-state index is -0.144. The van der Waals surface area contributed by atoms with Gasteiger partial charge in [0.15, 0.2) is 4.77 Å². The molecular weight excluding hydrogens is 224 g/mol. The largest absolute Gasteiger partial charge is 0.342 e. The molecule has 1 atom stereocenters. The molecule has 2 rings (SSSR count). The zero-order valence-corrected chi connectivity index (χ0v) is 10.3. The van der Waals surface area contributed by atoms with Crippen molar-refractivity contribution in [3.05, 3.63) is 15.3 Å². The van der Waals surface area contributed by atoms with Gasteiger partial charge in [-0.25, -0.2) is 9.89 Å². The van der Waals surface area contributed by atoms with Crippen molar-refractivity contribution in [2.45, 2.75) is 32.2 Å². The van der Waals surface area contributed by atoms with Crippen LogP contribution in [0, 0.1) is 4.77 Å². The van der Waals surface area contributed by atoms with Gasteiger partial charge >= 0.3 is 5.69 Å². The van der Waals surface area contributed by atoms with Gasteiger partial charge in [-0.1, -0.05) is 6.42 Å². The summed E-state index contributed by atoms with van der Waals surface area (Å²) in [6.45, 7) is 5.21. The first kappa shape index (κ1) is 11.6. The standard InChI is InChI=1S/C10H18N4OS/c1-8(7-13-5-3-2-4-6-13)14-9(15)11-12-10(14)16/h8H,2-7H2,1H3,(H,11,15)(H,12,16). The van der Waals surface area contributed by atoms with Crippen molar-refractivity contribution < 1.29 is 0 Å². The summed E-state index contributed by atoms with van der Waals surface area (Å²) in [7, 11) is 0. The van der Waals surface area contributed by atoms with Gasteiger partial charge in [0.05, 0.1) is 6.04 Å². The first-order chi connectivity index (χ1) is 7.68. The minimum Gasteiger partial charge on any atom is -0.301 e. The SMILES string of the molecule is CC(CN1CCCCC1)n1c(=O)[nH][nH]c1=S. The highest BCUT2D eigenvalue weighted by atomic mass is 32.1. The molecule has 1 aliphatic rings. The predicted octanol–water partition coefficient (Wildman–Crippen LogP) is 1.28. The van der Waals surface area contributed by atoms with Crippen LogP contribution in [0.2, 0.25) is 0 Å². The summed E-state index contributed by atoms with van der Waals surface area (Å²) in [6.07, 6.45) is 3.86. The Kier molecular flexibility index (Phi) is 3.60. The van der Waals surface area contributed by atoms with Crippen LogP contribution in [0.5, 0.6) is 0 Å². The molecule has 1 saturated heterocycles. The summed E-state index contributed by atoms with van der Waals surface area (Å²) in [5.41, 5.74) is -0.144. The number of aromatic amines is 2. The van der Waals surface area contributed by atoms with Crippen LogP contribution in [-0.2, 0) is 0 Å². The molecule has 0 saturated carbocycles. The lowest BCUT2D eigenvalue weighted by Crippen LogP contribution is -2.36. The average molecular weight is 242 g/mol. The number of rotatable bonds is 3. The van der Waals surface area contributed by atoms with Crippen molar-refractivity contribution in [2.75, 3.05) is 19.6 Å². The van der Waals surface area contributed by atoms with E-state index in [0.29, 0.717) is 4.77 Å². The molecule has 0 aliphatic carbocycles. The molecule has 1 aromatic rings. The van der Waals surface area contributed by atoms with Crippen LogP contribution in [0.25, 0.3) is 0 Å². The van der Waals surface area contributed by atoms with Crippen molar-refractivity contribution in [3.63, 3.8) is 0 Å². The lowest BCUT2D eigenvalue weighted by atomic mass is 10.1. The number of nitrogens with zero attached hydrogens (tertiary/aromatic N) is 2. The summed E-state index contributed by atoms with van der Waals surface area (Å²) in [6, 6.07) is 0.126. The smallest absolute Gasteiger partial charge is 0.301 e. The summed E-state index contributed by atoms with van der Waals surface area (Å²) in [5.74, 6) is 0. The van der Waals surface area contributed by atoms with Gasteiger partial charge in [0.2, 0.25) is 0 Å². The molecule has 0 spiro atoms. The maximum atomic E-state index is 11.5. The van der Waals surface area contributed by atoms with E-state index in [1.165, 1.54) is 19.3 Å². The number of nitrogens with one attached hydrogen (secondary N) is 2. The van der Waals surface area contributed by atoms with E-state index in [9.17, 15) is 4.79 Å². The van der Waals surface area contributed by atoms with Gasteiger partial charge in [0, 0.05) is 6.54 Å². The normalized spacial score (nSPS) is 19.8. The predicted molar refractivity (Wildman–Crippen MR) is 65.2 cm³/mol. The molecule has 1 aliphatic heterocycles. The Morgan fingerprint density at radius 2 is 2.00 bits per heavy atom. The van der Waals surface area contributed by atoms with E-state index < -0.39 is 0 Å². The lowest BCUT2D eigenvalue weighted by Gasteiger charge is -2.29. The van der Waals surface area contributed by atoms with Crippen molar-refractivity contribution in [1.29, 1.82) is 0 Å². The minimum absolute atomic E-state index is 0.126. The highest BCUT2D eigenvalue weighted by Crippen LogP contribution is 2.12. The van der Waals surface area contributed by atoms with Crippen LogP contribution in [-0.4, -0.2) is 39.3 Å². The highest BCUT2D eigenvalue weighted by molar-refractivity contribution is 7.71. The maximum absolute atomic E-state index is 11.5. The molecule has 1 fully saturated rings. The topological polar surface area (TPSA) is 56.8 Å². The van der Waals surface area contributed by atoms with E-state index in [2.05, 4.69) is 15.1 Å². The Bertz CT molecular complexity index is 413. The number of likely N-dealkylation sites (tertiary alicyclic amines) is 1. The molecule has 0 radical (unpaired) electrons. The van der Waals surface area contributed by atoms with Crippen LogP contribution in [0.1, 0.15) is 32.2 Å². The highest BCUT2D eigenvalue weighted by Gasteiger charge is 2.16. The molecule has 5 nitrogen and oxygen atoms in total. The van der Waals surface area contributed by atoms with Crippen molar-refractivity contribution >= 4 is 12.2 Å². The molecule has 2 N–H and O–H groups in total.